The van der Waals surface area contributed by atoms with E-state index in [1.807, 2.05) is 28.8 Å². The molecule has 1 saturated heterocycles. The highest BCUT2D eigenvalue weighted by Crippen LogP contribution is 2.20. The van der Waals surface area contributed by atoms with Crippen LogP contribution in [0.3, 0.4) is 0 Å². The Morgan fingerprint density at radius 1 is 1.50 bits per heavy atom. The quantitative estimate of drug-likeness (QED) is 0.757. The topological polar surface area (TPSA) is 46.3 Å². The van der Waals surface area contributed by atoms with Crippen molar-refractivity contribution in [2.24, 2.45) is 0 Å². The van der Waals surface area contributed by atoms with Crippen molar-refractivity contribution in [1.29, 1.82) is 0 Å². The van der Waals surface area contributed by atoms with Gasteiger partial charge in [-0.25, -0.2) is 0 Å². The van der Waals surface area contributed by atoms with Crippen molar-refractivity contribution in [2.75, 3.05) is 23.8 Å². The fourth-order valence-corrected chi connectivity index (χ4v) is 2.89. The Balaban J connectivity index is 2.21. The van der Waals surface area contributed by atoms with Crippen LogP contribution in [-0.4, -0.2) is 34.9 Å². The molecule has 0 aromatic heterocycles. The Labute approximate surface area is 100.0 Å². The predicted molar refractivity (Wildman–Crippen MR) is 68.7 cm³/mol. The normalized spacial score (nSPS) is 20.8. The van der Waals surface area contributed by atoms with E-state index in [2.05, 4.69) is 6.92 Å². The van der Waals surface area contributed by atoms with Crippen molar-refractivity contribution in [3.63, 3.8) is 0 Å². The monoisotopic (exact) mass is 236 g/mol. The average molecular weight is 236 g/mol. The molecule has 3 nitrogen and oxygen atoms in total. The van der Waals surface area contributed by atoms with E-state index in [1.54, 1.807) is 12.1 Å². The van der Waals surface area contributed by atoms with E-state index in [0.717, 1.165) is 18.1 Å². The molecular formula is C12H16N2OS. The zero-order chi connectivity index (χ0) is 11.5. The molecule has 1 atom stereocenters. The van der Waals surface area contributed by atoms with Crippen LogP contribution in [0.5, 0.6) is 0 Å². The number of nitrogens with two attached hydrogens (primary N) is 1. The summed E-state index contributed by atoms with van der Waals surface area (Å²) < 4.78 is 0. The number of anilines is 1. The van der Waals surface area contributed by atoms with E-state index in [-0.39, 0.29) is 5.91 Å². The molecule has 2 rings (SSSR count). The van der Waals surface area contributed by atoms with Crippen molar-refractivity contribution in [3.05, 3.63) is 29.8 Å². The number of hydrogen-bond donors (Lipinski definition) is 1. The first-order valence-electron chi connectivity index (χ1n) is 5.43. The predicted octanol–water partition coefficient (Wildman–Crippen LogP) is 1.85. The van der Waals surface area contributed by atoms with Crippen LogP contribution in [-0.2, 0) is 0 Å². The fourth-order valence-electron chi connectivity index (χ4n) is 1.88. The highest BCUT2D eigenvalue weighted by Gasteiger charge is 2.25. The first-order valence-corrected chi connectivity index (χ1v) is 6.59. The summed E-state index contributed by atoms with van der Waals surface area (Å²) >= 11 is 1.90. The lowest BCUT2D eigenvalue weighted by Crippen LogP contribution is -2.44. The Bertz CT molecular complexity index is 394. The van der Waals surface area contributed by atoms with Gasteiger partial charge in [-0.05, 0) is 19.1 Å². The Kier molecular flexibility index (Phi) is 3.39. The molecule has 86 valence electrons. The summed E-state index contributed by atoms with van der Waals surface area (Å²) in [6.45, 7) is 2.90. The third-order valence-electron chi connectivity index (χ3n) is 2.82. The number of amides is 1. The van der Waals surface area contributed by atoms with E-state index >= 15 is 0 Å². The number of nitrogens with zero attached hydrogens (tertiary/aromatic N) is 1. The largest absolute Gasteiger partial charge is 0.398 e. The second-order valence-electron chi connectivity index (χ2n) is 4.01. The lowest BCUT2D eigenvalue weighted by molar-refractivity contribution is 0.0717. The number of carbonyl (C=O) groups excluding carboxylic acids is 1. The standard InChI is InChI=1S/C12H16N2OS/c1-9-8-16-7-6-14(9)12(15)10-4-2-3-5-11(10)13/h2-5,9H,6-8,13H2,1H3. The minimum Gasteiger partial charge on any atom is -0.398 e. The zero-order valence-corrected chi connectivity index (χ0v) is 10.2. The zero-order valence-electron chi connectivity index (χ0n) is 9.35. The van der Waals surface area contributed by atoms with Crippen LogP contribution in [0.1, 0.15) is 17.3 Å². The van der Waals surface area contributed by atoms with E-state index in [1.165, 1.54) is 0 Å². The molecule has 16 heavy (non-hydrogen) atoms. The number of thioether (sulfide) groups is 1. The van der Waals surface area contributed by atoms with Crippen molar-refractivity contribution in [2.45, 2.75) is 13.0 Å². The lowest BCUT2D eigenvalue weighted by atomic mass is 10.1. The number of carbonyl (C=O) groups is 1. The molecule has 1 fully saturated rings. The second kappa shape index (κ2) is 4.78. The van der Waals surface area contributed by atoms with Gasteiger partial charge in [0.2, 0.25) is 0 Å². The molecule has 1 aromatic rings. The minimum absolute atomic E-state index is 0.0610. The van der Waals surface area contributed by atoms with Crippen LogP contribution < -0.4 is 5.73 Å². The van der Waals surface area contributed by atoms with Gasteiger partial charge >= 0.3 is 0 Å². The van der Waals surface area contributed by atoms with Gasteiger partial charge in [0, 0.05) is 29.8 Å². The van der Waals surface area contributed by atoms with E-state index in [9.17, 15) is 4.79 Å². The maximum atomic E-state index is 12.3. The van der Waals surface area contributed by atoms with Crippen molar-refractivity contribution in [3.8, 4) is 0 Å². The fraction of sp³-hybridized carbons (Fsp3) is 0.417. The van der Waals surface area contributed by atoms with Crippen LogP contribution in [0, 0.1) is 0 Å². The van der Waals surface area contributed by atoms with Gasteiger partial charge in [-0.3, -0.25) is 4.79 Å². The summed E-state index contributed by atoms with van der Waals surface area (Å²) in [6.07, 6.45) is 0. The van der Waals surface area contributed by atoms with Crippen LogP contribution in [0.15, 0.2) is 24.3 Å². The SMILES string of the molecule is CC1CSCCN1C(=O)c1ccccc1N. The van der Waals surface area contributed by atoms with Gasteiger partial charge in [-0.2, -0.15) is 11.8 Å². The Morgan fingerprint density at radius 3 is 2.94 bits per heavy atom. The summed E-state index contributed by atoms with van der Waals surface area (Å²) in [5.41, 5.74) is 7.01. The lowest BCUT2D eigenvalue weighted by Gasteiger charge is -2.33. The van der Waals surface area contributed by atoms with Crippen molar-refractivity contribution >= 4 is 23.4 Å². The summed E-state index contributed by atoms with van der Waals surface area (Å²) in [7, 11) is 0. The number of benzene rings is 1. The molecule has 4 heteroatoms. The molecule has 1 heterocycles. The summed E-state index contributed by atoms with van der Waals surface area (Å²) in [6, 6.07) is 7.57. The molecule has 0 radical (unpaired) electrons. The van der Waals surface area contributed by atoms with Crippen molar-refractivity contribution in [1.82, 2.24) is 4.90 Å². The third kappa shape index (κ3) is 2.16. The highest BCUT2D eigenvalue weighted by molar-refractivity contribution is 7.99. The number of para-hydroxylation sites is 1. The molecule has 0 bridgehead atoms. The van der Waals surface area contributed by atoms with Gasteiger partial charge in [-0.15, -0.1) is 0 Å². The van der Waals surface area contributed by atoms with E-state index in [4.69, 9.17) is 5.73 Å². The summed E-state index contributed by atoms with van der Waals surface area (Å²) in [5, 5.41) is 0. The van der Waals surface area contributed by atoms with Gasteiger partial charge in [0.15, 0.2) is 0 Å². The molecule has 0 saturated carbocycles. The molecular weight excluding hydrogens is 220 g/mol. The smallest absolute Gasteiger partial charge is 0.256 e. The van der Waals surface area contributed by atoms with Gasteiger partial charge < -0.3 is 10.6 Å². The maximum Gasteiger partial charge on any atom is 0.256 e. The van der Waals surface area contributed by atoms with Gasteiger partial charge in [0.05, 0.1) is 5.56 Å². The number of rotatable bonds is 1. The van der Waals surface area contributed by atoms with Crippen LogP contribution in [0.25, 0.3) is 0 Å². The summed E-state index contributed by atoms with van der Waals surface area (Å²) in [4.78, 5) is 14.2. The second-order valence-corrected chi connectivity index (χ2v) is 5.16. The Hall–Kier alpha value is -1.16. The van der Waals surface area contributed by atoms with Crippen LogP contribution in [0.4, 0.5) is 5.69 Å². The van der Waals surface area contributed by atoms with Gasteiger partial charge in [-0.1, -0.05) is 12.1 Å². The van der Waals surface area contributed by atoms with E-state index in [0.29, 0.717) is 17.3 Å². The maximum absolute atomic E-state index is 12.3. The van der Waals surface area contributed by atoms with Gasteiger partial charge in [0.1, 0.15) is 0 Å². The molecule has 0 spiro atoms. The number of hydrogen-bond acceptors (Lipinski definition) is 3. The highest BCUT2D eigenvalue weighted by atomic mass is 32.2. The molecule has 1 aliphatic rings. The molecule has 0 aliphatic carbocycles. The molecule has 1 aromatic carbocycles. The molecule has 1 aliphatic heterocycles. The van der Waals surface area contributed by atoms with Crippen LogP contribution >= 0.6 is 11.8 Å². The average Bonchev–Trinajstić information content (AvgIpc) is 2.29. The number of nitrogen functional groups attached to an aromatic ring is 1. The van der Waals surface area contributed by atoms with Gasteiger partial charge in [0.25, 0.3) is 5.91 Å². The molecule has 1 unspecified atom stereocenters. The molecule has 2 N–H and O–H groups in total. The third-order valence-corrected chi connectivity index (χ3v) is 4.01. The minimum atomic E-state index is 0.0610. The summed E-state index contributed by atoms with van der Waals surface area (Å²) in [5.74, 6) is 2.09. The van der Waals surface area contributed by atoms with E-state index < -0.39 is 0 Å². The molecule has 1 amide bonds. The van der Waals surface area contributed by atoms with Crippen molar-refractivity contribution < 1.29 is 4.79 Å². The first-order chi connectivity index (χ1) is 7.70. The van der Waals surface area contributed by atoms with Crippen LogP contribution in [0.2, 0.25) is 0 Å². The first kappa shape index (κ1) is 11.3. The Morgan fingerprint density at radius 2 is 2.25 bits per heavy atom.